The lowest BCUT2D eigenvalue weighted by molar-refractivity contribution is 0.0577. The summed E-state index contributed by atoms with van der Waals surface area (Å²) in [6.45, 7) is 0.403. The molecule has 2 aliphatic rings. The van der Waals surface area contributed by atoms with Crippen molar-refractivity contribution < 1.29 is 9.53 Å². The minimum atomic E-state index is -0.433. The molecule has 3 aromatic rings. The fourth-order valence-electron chi connectivity index (χ4n) is 5.46. The molecule has 0 bridgehead atoms. The Balaban J connectivity index is 1.50. The van der Waals surface area contributed by atoms with Gasteiger partial charge in [-0.25, -0.2) is 4.79 Å². The molecule has 1 aliphatic carbocycles. The first-order valence-corrected chi connectivity index (χ1v) is 13.0. The van der Waals surface area contributed by atoms with E-state index < -0.39 is 6.09 Å². The molecular formula is C30H33N5O2. The predicted octanol–water partition coefficient (Wildman–Crippen LogP) is 5.55. The zero-order valence-electron chi connectivity index (χ0n) is 20.8. The number of nitrogens with zero attached hydrogens (tertiary/aromatic N) is 2. The van der Waals surface area contributed by atoms with E-state index in [9.17, 15) is 4.79 Å². The largest absolute Gasteiger partial charge is 0.446 e. The van der Waals surface area contributed by atoms with E-state index in [4.69, 9.17) is 26.4 Å². The molecule has 0 radical (unpaired) electrons. The van der Waals surface area contributed by atoms with Gasteiger partial charge >= 0.3 is 6.09 Å². The number of nitrogens with one attached hydrogen (secondary N) is 1. The van der Waals surface area contributed by atoms with Crippen molar-refractivity contribution in [3.8, 4) is 0 Å². The van der Waals surface area contributed by atoms with Crippen molar-refractivity contribution in [2.24, 2.45) is 22.0 Å². The molecule has 0 saturated heterocycles. The van der Waals surface area contributed by atoms with Crippen molar-refractivity contribution in [3.05, 3.63) is 95.6 Å². The van der Waals surface area contributed by atoms with Gasteiger partial charge in [-0.3, -0.25) is 0 Å². The second kappa shape index (κ2) is 11.3. The Morgan fingerprint density at radius 2 is 1.38 bits per heavy atom. The standard InChI is InChI=1S/C30H33N5O2/c31-24-16-9-7-13-21(24)28-23-15-5-2-6-18-26(37-30(36)33-19-20-11-3-1-4-12-20)27(23)29(35-34-28)22-14-8-10-17-25(22)32/h1,3-4,7-14,16-17,23,26-27H,2,5-6,15,18-19,31-32H2,(H,33,36). The lowest BCUT2D eigenvalue weighted by Crippen LogP contribution is -2.45. The molecule has 1 fully saturated rings. The van der Waals surface area contributed by atoms with Crippen LogP contribution in [0.2, 0.25) is 0 Å². The van der Waals surface area contributed by atoms with Gasteiger partial charge in [0.15, 0.2) is 0 Å². The molecule has 7 heteroatoms. The maximum Gasteiger partial charge on any atom is 0.407 e. The van der Waals surface area contributed by atoms with Gasteiger partial charge in [-0.05, 0) is 37.0 Å². The molecule has 0 spiro atoms. The number of hydrogen-bond acceptors (Lipinski definition) is 6. The molecule has 37 heavy (non-hydrogen) atoms. The Kier molecular flexibility index (Phi) is 7.49. The van der Waals surface area contributed by atoms with Gasteiger partial charge in [0.05, 0.1) is 11.4 Å². The summed E-state index contributed by atoms with van der Waals surface area (Å²) >= 11 is 0. The highest BCUT2D eigenvalue weighted by atomic mass is 16.6. The highest BCUT2D eigenvalue weighted by Crippen LogP contribution is 2.39. The number of ether oxygens (including phenoxy) is 1. The molecule has 190 valence electrons. The van der Waals surface area contributed by atoms with Crippen LogP contribution < -0.4 is 16.8 Å². The fourth-order valence-corrected chi connectivity index (χ4v) is 5.46. The smallest absolute Gasteiger partial charge is 0.407 e. The predicted molar refractivity (Wildman–Crippen MR) is 148 cm³/mol. The van der Waals surface area contributed by atoms with Crippen LogP contribution >= 0.6 is 0 Å². The third-order valence-electron chi connectivity index (χ3n) is 7.28. The molecule has 1 aliphatic heterocycles. The second-order valence-corrected chi connectivity index (χ2v) is 9.70. The quantitative estimate of drug-likeness (QED) is 0.403. The summed E-state index contributed by atoms with van der Waals surface area (Å²) in [4.78, 5) is 13.0. The molecule has 3 atom stereocenters. The van der Waals surface area contributed by atoms with E-state index in [1.807, 2.05) is 78.9 Å². The molecule has 3 unspecified atom stereocenters. The van der Waals surface area contributed by atoms with E-state index in [0.29, 0.717) is 17.9 Å². The van der Waals surface area contributed by atoms with Crippen molar-refractivity contribution in [1.82, 2.24) is 5.32 Å². The van der Waals surface area contributed by atoms with Gasteiger partial charge in [0, 0.05) is 40.9 Å². The highest BCUT2D eigenvalue weighted by Gasteiger charge is 2.43. The molecule has 3 aromatic carbocycles. The molecule has 7 nitrogen and oxygen atoms in total. The van der Waals surface area contributed by atoms with Gasteiger partial charge in [0.2, 0.25) is 0 Å². The minimum absolute atomic E-state index is 0.0102. The van der Waals surface area contributed by atoms with Gasteiger partial charge in [-0.2, -0.15) is 10.2 Å². The van der Waals surface area contributed by atoms with Crippen LogP contribution in [0.1, 0.15) is 48.8 Å². The van der Waals surface area contributed by atoms with Gasteiger partial charge in [-0.15, -0.1) is 0 Å². The van der Waals surface area contributed by atoms with E-state index in [1.165, 1.54) is 0 Å². The first-order chi connectivity index (χ1) is 18.1. The lowest BCUT2D eigenvalue weighted by atomic mass is 9.71. The van der Waals surface area contributed by atoms with Gasteiger partial charge < -0.3 is 21.5 Å². The Labute approximate surface area is 217 Å². The van der Waals surface area contributed by atoms with E-state index >= 15 is 0 Å². The number of anilines is 2. The first kappa shape index (κ1) is 24.6. The van der Waals surface area contributed by atoms with Crippen LogP contribution in [0, 0.1) is 11.8 Å². The van der Waals surface area contributed by atoms with E-state index in [-0.39, 0.29) is 17.9 Å². The monoisotopic (exact) mass is 495 g/mol. The molecule has 1 saturated carbocycles. The molecule has 0 aromatic heterocycles. The van der Waals surface area contributed by atoms with Crippen molar-refractivity contribution in [2.45, 2.75) is 44.8 Å². The van der Waals surface area contributed by atoms with E-state index in [2.05, 4.69) is 5.32 Å². The maximum absolute atomic E-state index is 13.0. The average Bonchev–Trinajstić information content (AvgIpc) is 2.91. The summed E-state index contributed by atoms with van der Waals surface area (Å²) in [5, 5.41) is 12.4. The fraction of sp³-hybridized carbons (Fsp3) is 0.300. The van der Waals surface area contributed by atoms with Crippen LogP contribution in [0.25, 0.3) is 0 Å². The zero-order chi connectivity index (χ0) is 25.6. The number of carbonyl (C=O) groups is 1. The Bertz CT molecular complexity index is 1300. The number of para-hydroxylation sites is 2. The van der Waals surface area contributed by atoms with Crippen molar-refractivity contribution in [3.63, 3.8) is 0 Å². The molecular weight excluding hydrogens is 462 g/mol. The normalized spacial score (nSPS) is 21.5. The van der Waals surface area contributed by atoms with Crippen LogP contribution in [0.4, 0.5) is 16.2 Å². The Hall–Kier alpha value is -4.13. The topological polar surface area (TPSA) is 115 Å². The molecule has 1 amide bonds. The number of carbonyl (C=O) groups excluding carboxylic acids is 1. The van der Waals surface area contributed by atoms with Crippen LogP contribution in [0.3, 0.4) is 0 Å². The number of alkyl carbamates (subject to hydrolysis) is 1. The Morgan fingerprint density at radius 1 is 0.784 bits per heavy atom. The highest BCUT2D eigenvalue weighted by molar-refractivity contribution is 6.15. The molecule has 5 rings (SSSR count). The van der Waals surface area contributed by atoms with Crippen LogP contribution in [-0.2, 0) is 11.3 Å². The van der Waals surface area contributed by atoms with Crippen LogP contribution in [-0.4, -0.2) is 23.6 Å². The number of amides is 1. The summed E-state index contributed by atoms with van der Waals surface area (Å²) in [6.07, 6.45) is 3.91. The number of benzene rings is 3. The van der Waals surface area contributed by atoms with E-state index in [0.717, 1.165) is 60.2 Å². The lowest BCUT2D eigenvalue weighted by Gasteiger charge is -2.38. The second-order valence-electron chi connectivity index (χ2n) is 9.70. The number of hydrogen-bond donors (Lipinski definition) is 3. The van der Waals surface area contributed by atoms with Crippen LogP contribution in [0.15, 0.2) is 89.1 Å². The summed E-state index contributed by atoms with van der Waals surface area (Å²) < 4.78 is 6.17. The number of rotatable bonds is 5. The molecule has 1 heterocycles. The van der Waals surface area contributed by atoms with Gasteiger partial charge in [0.25, 0.3) is 0 Å². The van der Waals surface area contributed by atoms with Crippen LogP contribution in [0.5, 0.6) is 0 Å². The minimum Gasteiger partial charge on any atom is -0.446 e. The summed E-state index contributed by atoms with van der Waals surface area (Å²) in [5.41, 5.74) is 18.4. The summed E-state index contributed by atoms with van der Waals surface area (Å²) in [7, 11) is 0. The number of nitrogens with two attached hydrogens (primary N) is 2. The third-order valence-corrected chi connectivity index (χ3v) is 7.28. The van der Waals surface area contributed by atoms with Crippen molar-refractivity contribution in [2.75, 3.05) is 11.5 Å². The summed E-state index contributed by atoms with van der Waals surface area (Å²) in [6, 6.07) is 25.2. The van der Waals surface area contributed by atoms with Crippen molar-refractivity contribution >= 4 is 28.9 Å². The Morgan fingerprint density at radius 3 is 2.08 bits per heavy atom. The zero-order valence-corrected chi connectivity index (χ0v) is 20.8. The van der Waals surface area contributed by atoms with Gasteiger partial charge in [-0.1, -0.05) is 79.6 Å². The molecule has 5 N–H and O–H groups in total. The number of fused-ring (bicyclic) bond motifs is 1. The maximum atomic E-state index is 13.0. The van der Waals surface area contributed by atoms with Gasteiger partial charge in [0.1, 0.15) is 6.10 Å². The van der Waals surface area contributed by atoms with E-state index in [1.54, 1.807) is 0 Å². The first-order valence-electron chi connectivity index (χ1n) is 13.0. The van der Waals surface area contributed by atoms with Crippen molar-refractivity contribution in [1.29, 1.82) is 0 Å². The SMILES string of the molecule is Nc1ccccc1C1=NN=C(c2ccccc2N)C2C(OC(=O)NCc3ccccc3)CCCCCC12. The number of nitrogen functional groups attached to an aromatic ring is 2. The summed E-state index contributed by atoms with van der Waals surface area (Å²) in [5.74, 6) is -0.205. The average molecular weight is 496 g/mol. The third kappa shape index (κ3) is 5.50.